The molecule has 0 radical (unpaired) electrons. The van der Waals surface area contributed by atoms with E-state index in [4.69, 9.17) is 4.74 Å². The van der Waals surface area contributed by atoms with Crippen LogP contribution in [0.15, 0.2) is 0 Å². The first-order chi connectivity index (χ1) is 7.26. The third-order valence-electron chi connectivity index (χ3n) is 2.24. The average molecular weight is 233 g/mol. The van der Waals surface area contributed by atoms with Crippen LogP contribution in [0.3, 0.4) is 0 Å². The summed E-state index contributed by atoms with van der Waals surface area (Å²) in [6, 6.07) is -0.140. The highest BCUT2D eigenvalue weighted by Crippen LogP contribution is 2.03. The molecule has 15 heavy (non-hydrogen) atoms. The van der Waals surface area contributed by atoms with Crippen molar-refractivity contribution in [3.63, 3.8) is 0 Å². The molecule has 0 aliphatic carbocycles. The Morgan fingerprint density at radius 3 is 2.73 bits per heavy atom. The summed E-state index contributed by atoms with van der Waals surface area (Å²) in [6.07, 6.45) is 6.13. The number of carbonyl (C=O) groups excluding carboxylic acids is 1. The standard InChI is InChI=1S/C11H23NO2S/c1-4-5-6-8-14-11(13)10(12-2)7-9-15-3/h10,12H,4-9H2,1-3H3/t10-/m0/s1. The van der Waals surface area contributed by atoms with Gasteiger partial charge in [-0.2, -0.15) is 11.8 Å². The van der Waals surface area contributed by atoms with Gasteiger partial charge in [0, 0.05) is 0 Å². The van der Waals surface area contributed by atoms with Crippen molar-refractivity contribution in [3.8, 4) is 0 Å². The van der Waals surface area contributed by atoms with Gasteiger partial charge in [0.1, 0.15) is 6.04 Å². The summed E-state index contributed by atoms with van der Waals surface area (Å²) in [5.41, 5.74) is 0. The number of esters is 1. The Hall–Kier alpha value is -0.220. The molecule has 0 heterocycles. The molecular formula is C11H23NO2S. The van der Waals surface area contributed by atoms with Crippen LogP contribution in [0.2, 0.25) is 0 Å². The Bertz CT molecular complexity index is 165. The highest BCUT2D eigenvalue weighted by atomic mass is 32.2. The summed E-state index contributed by atoms with van der Waals surface area (Å²) in [6.45, 7) is 2.70. The maximum atomic E-state index is 11.5. The number of rotatable bonds is 9. The molecule has 0 aromatic heterocycles. The van der Waals surface area contributed by atoms with Crippen molar-refractivity contribution in [3.05, 3.63) is 0 Å². The smallest absolute Gasteiger partial charge is 0.323 e. The van der Waals surface area contributed by atoms with Gasteiger partial charge in [0.15, 0.2) is 0 Å². The predicted molar refractivity (Wildman–Crippen MR) is 66.3 cm³/mol. The zero-order chi connectivity index (χ0) is 11.5. The van der Waals surface area contributed by atoms with Crippen molar-refractivity contribution < 1.29 is 9.53 Å². The number of likely N-dealkylation sites (N-methyl/N-ethyl adjacent to an activating group) is 1. The van der Waals surface area contributed by atoms with E-state index in [2.05, 4.69) is 12.2 Å². The second-order valence-corrected chi connectivity index (χ2v) is 4.48. The Labute approximate surface area is 97.3 Å². The quantitative estimate of drug-likeness (QED) is 0.489. The molecule has 0 amide bonds. The first kappa shape index (κ1) is 14.8. The largest absolute Gasteiger partial charge is 0.465 e. The Morgan fingerprint density at radius 1 is 1.47 bits per heavy atom. The molecule has 0 aliphatic heterocycles. The van der Waals surface area contributed by atoms with E-state index in [-0.39, 0.29) is 12.0 Å². The first-order valence-corrected chi connectivity index (χ1v) is 6.98. The van der Waals surface area contributed by atoms with E-state index >= 15 is 0 Å². The van der Waals surface area contributed by atoms with Crippen LogP contribution in [-0.2, 0) is 9.53 Å². The Kier molecular flexibility index (Phi) is 10.2. The second-order valence-electron chi connectivity index (χ2n) is 3.50. The van der Waals surface area contributed by atoms with Crippen molar-refractivity contribution in [2.45, 2.75) is 38.6 Å². The van der Waals surface area contributed by atoms with Crippen LogP contribution in [0.4, 0.5) is 0 Å². The van der Waals surface area contributed by atoms with Gasteiger partial charge in [-0.1, -0.05) is 19.8 Å². The maximum absolute atomic E-state index is 11.5. The fraction of sp³-hybridized carbons (Fsp3) is 0.909. The third-order valence-corrected chi connectivity index (χ3v) is 2.88. The van der Waals surface area contributed by atoms with Gasteiger partial charge in [-0.3, -0.25) is 4.79 Å². The topological polar surface area (TPSA) is 38.3 Å². The lowest BCUT2D eigenvalue weighted by Crippen LogP contribution is -2.36. The first-order valence-electron chi connectivity index (χ1n) is 5.59. The fourth-order valence-corrected chi connectivity index (χ4v) is 1.71. The summed E-state index contributed by atoms with van der Waals surface area (Å²) >= 11 is 1.75. The minimum atomic E-state index is -0.140. The van der Waals surface area contributed by atoms with Gasteiger partial charge >= 0.3 is 5.97 Å². The van der Waals surface area contributed by atoms with Gasteiger partial charge < -0.3 is 10.1 Å². The van der Waals surface area contributed by atoms with E-state index in [1.165, 1.54) is 0 Å². The minimum absolute atomic E-state index is 0.109. The van der Waals surface area contributed by atoms with Crippen LogP contribution in [0.1, 0.15) is 32.6 Å². The van der Waals surface area contributed by atoms with Gasteiger partial charge in [-0.05, 0) is 31.9 Å². The van der Waals surface area contributed by atoms with Crippen LogP contribution in [0.5, 0.6) is 0 Å². The monoisotopic (exact) mass is 233 g/mol. The molecule has 3 nitrogen and oxygen atoms in total. The van der Waals surface area contributed by atoms with Crippen LogP contribution in [-0.4, -0.2) is 37.7 Å². The molecule has 1 atom stereocenters. The fourth-order valence-electron chi connectivity index (χ4n) is 1.24. The van der Waals surface area contributed by atoms with Crippen LogP contribution in [0, 0.1) is 0 Å². The van der Waals surface area contributed by atoms with Crippen molar-refractivity contribution >= 4 is 17.7 Å². The van der Waals surface area contributed by atoms with E-state index in [0.717, 1.165) is 31.4 Å². The highest BCUT2D eigenvalue weighted by Gasteiger charge is 2.16. The predicted octanol–water partition coefficient (Wildman–Crippen LogP) is 2.06. The number of hydrogen-bond donors (Lipinski definition) is 1. The number of nitrogens with one attached hydrogen (secondary N) is 1. The van der Waals surface area contributed by atoms with Gasteiger partial charge in [0.2, 0.25) is 0 Å². The SMILES string of the molecule is CCCCCOC(=O)[C@H](CCSC)NC. The molecule has 1 N–H and O–H groups in total. The summed E-state index contributed by atoms with van der Waals surface area (Å²) in [4.78, 5) is 11.5. The van der Waals surface area contributed by atoms with Gasteiger partial charge in [-0.25, -0.2) is 0 Å². The molecule has 0 aromatic carbocycles. The minimum Gasteiger partial charge on any atom is -0.465 e. The zero-order valence-corrected chi connectivity index (χ0v) is 10.9. The van der Waals surface area contributed by atoms with Gasteiger partial charge in [0.25, 0.3) is 0 Å². The van der Waals surface area contributed by atoms with E-state index in [9.17, 15) is 4.79 Å². The molecule has 0 bridgehead atoms. The molecule has 0 aromatic rings. The maximum Gasteiger partial charge on any atom is 0.323 e. The second kappa shape index (κ2) is 10.3. The van der Waals surface area contributed by atoms with Crippen molar-refractivity contribution in [1.82, 2.24) is 5.32 Å². The highest BCUT2D eigenvalue weighted by molar-refractivity contribution is 7.98. The molecule has 0 aliphatic rings. The summed E-state index contributed by atoms with van der Waals surface area (Å²) in [5.74, 6) is 0.873. The number of thioether (sulfide) groups is 1. The van der Waals surface area contributed by atoms with Gasteiger partial charge in [0.05, 0.1) is 6.61 Å². The van der Waals surface area contributed by atoms with Crippen molar-refractivity contribution in [1.29, 1.82) is 0 Å². The van der Waals surface area contributed by atoms with E-state index in [1.807, 2.05) is 6.26 Å². The van der Waals surface area contributed by atoms with Crippen LogP contribution in [0.25, 0.3) is 0 Å². The van der Waals surface area contributed by atoms with E-state index in [0.29, 0.717) is 6.61 Å². The van der Waals surface area contributed by atoms with E-state index < -0.39 is 0 Å². The van der Waals surface area contributed by atoms with Crippen LogP contribution >= 0.6 is 11.8 Å². The molecule has 0 saturated carbocycles. The van der Waals surface area contributed by atoms with Crippen LogP contribution < -0.4 is 5.32 Å². The van der Waals surface area contributed by atoms with Crippen molar-refractivity contribution in [2.75, 3.05) is 25.7 Å². The molecule has 0 spiro atoms. The lowest BCUT2D eigenvalue weighted by Gasteiger charge is -2.14. The average Bonchev–Trinajstić information content (AvgIpc) is 2.25. The number of ether oxygens (including phenoxy) is 1. The molecule has 0 rings (SSSR count). The zero-order valence-electron chi connectivity index (χ0n) is 10.0. The summed E-state index contributed by atoms with van der Waals surface area (Å²) in [7, 11) is 1.80. The number of unbranched alkanes of at least 4 members (excludes halogenated alkanes) is 2. The third kappa shape index (κ3) is 7.68. The molecule has 90 valence electrons. The summed E-state index contributed by atoms with van der Waals surface area (Å²) in [5, 5.41) is 2.99. The lowest BCUT2D eigenvalue weighted by molar-refractivity contribution is -0.146. The Morgan fingerprint density at radius 2 is 2.20 bits per heavy atom. The molecular weight excluding hydrogens is 210 g/mol. The number of hydrogen-bond acceptors (Lipinski definition) is 4. The molecule has 0 saturated heterocycles. The molecule has 0 unspecified atom stereocenters. The summed E-state index contributed by atoms with van der Waals surface area (Å²) < 4.78 is 5.18. The molecule has 4 heteroatoms. The Balaban J connectivity index is 3.63. The lowest BCUT2D eigenvalue weighted by atomic mass is 10.2. The van der Waals surface area contributed by atoms with Gasteiger partial charge in [-0.15, -0.1) is 0 Å². The van der Waals surface area contributed by atoms with Crippen molar-refractivity contribution in [2.24, 2.45) is 0 Å². The normalized spacial score (nSPS) is 12.5. The molecule has 0 fully saturated rings. The number of carbonyl (C=O) groups is 1. The van der Waals surface area contributed by atoms with E-state index in [1.54, 1.807) is 18.8 Å².